The monoisotopic (exact) mass is 1890 g/mol. The highest BCUT2D eigenvalue weighted by Crippen LogP contribution is 2.30. The molecule has 3 aromatic heterocycles. The summed E-state index contributed by atoms with van der Waals surface area (Å²) in [6.45, 7) is 4.75. The van der Waals surface area contributed by atoms with Crippen LogP contribution in [0.2, 0.25) is 0 Å². The summed E-state index contributed by atoms with van der Waals surface area (Å²) in [7, 11) is 0. The maximum Gasteiger partial charge on any atom is 0.243 e. The second kappa shape index (κ2) is 55.5. The third-order valence-corrected chi connectivity index (χ3v) is 25.5. The molecule has 12 amide bonds. The summed E-state index contributed by atoms with van der Waals surface area (Å²) < 4.78 is 0. The van der Waals surface area contributed by atoms with Crippen molar-refractivity contribution in [3.8, 4) is 0 Å². The average Bonchev–Trinajstić information content (AvgIpc) is 1.34. The first-order valence-corrected chi connectivity index (χ1v) is 48.0. The SMILES string of the molecule is C[C@@H](c1ccccc1)N(CC(N)=O)C(=O)CN(CCCCN)C(=O)CN(CCCCN)C(=O)CN(C(=O)CN(C(=O)CN(CCc1c[nH]cn1)C(=O)CN(C(=O)CN(C(=O)CN(CCCCN)C(=O)CN(CCc1c[nH]c2ccccc12)C(=O)CN(CCc1c[nH]c2ccccc12)C(=O)CNCCCCN)[C@@H](C)c1ccccc1)[C@@H](C)c1ccccc1)[C@@H](C)c1ccccc1)[C@@H](C)c1ccccc1. The summed E-state index contributed by atoms with van der Waals surface area (Å²) in [5.74, 6) is -7.32. The molecule has 33 nitrogen and oxygen atoms in total. The van der Waals surface area contributed by atoms with E-state index in [-0.39, 0.29) is 77.8 Å². The molecule has 0 unspecified atom stereocenters. The molecule has 736 valence electrons. The van der Waals surface area contributed by atoms with E-state index in [1.807, 2.05) is 128 Å². The van der Waals surface area contributed by atoms with Gasteiger partial charge >= 0.3 is 0 Å². The van der Waals surface area contributed by atoms with Crippen LogP contribution in [0.4, 0.5) is 0 Å². The number of primary amides is 1. The molecule has 138 heavy (non-hydrogen) atoms. The average molecular weight is 1890 g/mol. The predicted octanol–water partition coefficient (Wildman–Crippen LogP) is 8.35. The Labute approximate surface area is 809 Å². The zero-order chi connectivity index (χ0) is 98.8. The fraction of sp³-hybridized carbons (Fsp3) is 0.419. The van der Waals surface area contributed by atoms with Gasteiger partial charge < -0.3 is 103 Å². The molecule has 0 spiro atoms. The minimum atomic E-state index is -0.874. The maximum absolute atomic E-state index is 16.2. The summed E-state index contributed by atoms with van der Waals surface area (Å²) in [6.07, 6.45) is 11.8. The maximum atomic E-state index is 16.2. The summed E-state index contributed by atoms with van der Waals surface area (Å²) in [4.78, 5) is 212. The Morgan fingerprint density at radius 1 is 0.297 bits per heavy atom. The molecule has 10 rings (SSSR count). The quantitative estimate of drug-likeness (QED) is 0.0162. The Hall–Kier alpha value is -13.7. The van der Waals surface area contributed by atoms with Gasteiger partial charge in [0.05, 0.1) is 94.6 Å². The highest BCUT2D eigenvalue weighted by Gasteiger charge is 2.38. The molecule has 14 N–H and O–H groups in total. The number of nitrogens with zero attached hydrogens (tertiary/aromatic N) is 12. The van der Waals surface area contributed by atoms with Crippen LogP contribution in [0, 0.1) is 0 Å². The highest BCUT2D eigenvalue weighted by atomic mass is 16.2. The fourth-order valence-electron chi connectivity index (χ4n) is 17.1. The number of hydrogen-bond acceptors (Lipinski definition) is 18. The van der Waals surface area contributed by atoms with Crippen LogP contribution in [0.1, 0.15) is 161 Å². The largest absolute Gasteiger partial charge is 0.368 e. The molecule has 0 bridgehead atoms. The van der Waals surface area contributed by atoms with E-state index in [4.69, 9.17) is 28.7 Å². The number of para-hydroxylation sites is 2. The predicted molar refractivity (Wildman–Crippen MR) is 534 cm³/mol. The lowest BCUT2D eigenvalue weighted by Gasteiger charge is -2.37. The van der Waals surface area contributed by atoms with Gasteiger partial charge in [0.15, 0.2) is 0 Å². The number of unbranched alkanes of at least 4 members (excludes halogenated alkanes) is 4. The number of hydrogen-bond donors (Lipinski definition) is 9. The topological polar surface area (TPSA) is 443 Å². The van der Waals surface area contributed by atoms with Gasteiger partial charge in [0.2, 0.25) is 70.9 Å². The molecule has 10 aromatic rings. The third-order valence-electron chi connectivity index (χ3n) is 25.5. The van der Waals surface area contributed by atoms with Crippen molar-refractivity contribution in [2.75, 3.05) is 151 Å². The Balaban J connectivity index is 0.945. The van der Waals surface area contributed by atoms with E-state index in [2.05, 4.69) is 25.3 Å². The van der Waals surface area contributed by atoms with Crippen molar-refractivity contribution < 1.29 is 57.5 Å². The zero-order valence-electron chi connectivity index (χ0n) is 80.4. The molecule has 7 aromatic carbocycles. The Kier molecular flexibility index (Phi) is 42.7. The molecule has 0 saturated carbocycles. The van der Waals surface area contributed by atoms with Crippen molar-refractivity contribution in [3.63, 3.8) is 0 Å². The first-order valence-electron chi connectivity index (χ1n) is 48.0. The van der Waals surface area contributed by atoms with E-state index in [9.17, 15) is 19.2 Å². The Bertz CT molecular complexity index is 5520. The van der Waals surface area contributed by atoms with Gasteiger partial charge in [0.25, 0.3) is 0 Å². The van der Waals surface area contributed by atoms with E-state index in [1.165, 1.54) is 60.2 Å². The van der Waals surface area contributed by atoms with Crippen molar-refractivity contribution in [2.45, 2.75) is 135 Å². The summed E-state index contributed by atoms with van der Waals surface area (Å²) >= 11 is 0. The van der Waals surface area contributed by atoms with E-state index < -0.39 is 161 Å². The smallest absolute Gasteiger partial charge is 0.243 e. The summed E-state index contributed by atoms with van der Waals surface area (Å²) in [5.41, 5.74) is 37.1. The van der Waals surface area contributed by atoms with Crippen LogP contribution >= 0.6 is 0 Å². The minimum absolute atomic E-state index is 0.0230. The zero-order valence-corrected chi connectivity index (χ0v) is 80.4. The third kappa shape index (κ3) is 31.7. The van der Waals surface area contributed by atoms with Crippen LogP contribution in [0.5, 0.6) is 0 Å². The molecular formula is C105H139N21O12. The lowest BCUT2D eigenvalue weighted by atomic mass is 10.0. The first-order chi connectivity index (χ1) is 66.8. The number of imidazole rings is 1. The van der Waals surface area contributed by atoms with Gasteiger partial charge in [0.1, 0.15) is 26.2 Å². The number of H-pyrrole nitrogens is 3. The molecule has 5 atom stereocenters. The van der Waals surface area contributed by atoms with Gasteiger partial charge in [-0.1, -0.05) is 188 Å². The molecule has 3 heterocycles. The summed E-state index contributed by atoms with van der Waals surface area (Å²) in [5, 5.41) is 5.14. The van der Waals surface area contributed by atoms with Crippen molar-refractivity contribution >= 4 is 92.7 Å². The molecular weight excluding hydrogens is 1750 g/mol. The molecule has 33 heteroatoms. The molecule has 0 saturated heterocycles. The van der Waals surface area contributed by atoms with Crippen LogP contribution in [0.15, 0.2) is 225 Å². The van der Waals surface area contributed by atoms with Crippen LogP contribution in [-0.4, -0.2) is 295 Å². The highest BCUT2D eigenvalue weighted by molar-refractivity contribution is 5.96. The van der Waals surface area contributed by atoms with E-state index >= 15 is 38.4 Å². The molecule has 0 radical (unpaired) electrons. The van der Waals surface area contributed by atoms with Crippen molar-refractivity contribution in [2.24, 2.45) is 28.7 Å². The van der Waals surface area contributed by atoms with Crippen LogP contribution < -0.4 is 34.0 Å². The lowest BCUT2D eigenvalue weighted by Crippen LogP contribution is -2.54. The number of amides is 12. The molecule has 0 aliphatic rings. The lowest BCUT2D eigenvalue weighted by molar-refractivity contribution is -0.151. The van der Waals surface area contributed by atoms with Crippen LogP contribution in [-0.2, 0) is 76.8 Å². The normalized spacial score (nSPS) is 12.3. The number of fused-ring (bicyclic) bond motifs is 2. The van der Waals surface area contributed by atoms with Gasteiger partial charge in [-0.2, -0.15) is 0 Å². The number of aromatic nitrogens is 4. The number of aromatic amines is 3. The van der Waals surface area contributed by atoms with E-state index in [0.717, 1.165) is 51.3 Å². The second-order valence-electron chi connectivity index (χ2n) is 35.1. The Morgan fingerprint density at radius 3 is 0.884 bits per heavy atom. The number of carbonyl (C=O) groups excluding carboxylic acids is 12. The van der Waals surface area contributed by atoms with Gasteiger partial charge in [-0.25, -0.2) is 4.98 Å². The first kappa shape index (κ1) is 106. The Morgan fingerprint density at radius 2 is 0.565 bits per heavy atom. The minimum Gasteiger partial charge on any atom is -0.368 e. The molecule has 0 aliphatic heterocycles. The van der Waals surface area contributed by atoms with Crippen molar-refractivity contribution in [1.29, 1.82) is 0 Å². The fourth-order valence-corrected chi connectivity index (χ4v) is 17.1. The number of rotatable bonds is 59. The second-order valence-corrected chi connectivity index (χ2v) is 35.1. The molecule has 0 aliphatic carbocycles. The molecule has 0 fully saturated rings. The van der Waals surface area contributed by atoms with Crippen LogP contribution in [0.3, 0.4) is 0 Å². The van der Waals surface area contributed by atoms with Crippen molar-refractivity contribution in [3.05, 3.63) is 270 Å². The number of carbonyl (C=O) groups is 12. The van der Waals surface area contributed by atoms with Gasteiger partial charge in [-0.3, -0.25) is 57.5 Å². The van der Waals surface area contributed by atoms with Gasteiger partial charge in [-0.15, -0.1) is 0 Å². The van der Waals surface area contributed by atoms with E-state index in [1.54, 1.807) is 126 Å². The standard InChI is InChI=1S/C105H139N21O12/c1-77(82-33-11-6-12-34-82)122(65-94(110)127)101(134)69-117(56-31-27-52-108)96(129)66-116(55-30-26-51-107)99(132)72-123(78(2)83-35-13-7-14-36-83)104(137)75-126(81(5)86-41-19-10-20-42-86)103(136)71-121(60-49-89-63-112-76-115-89)100(133)73-124(79(3)84-37-15-8-16-38-84)105(138)74-125(80(4)85-39-17-9-18-40-85)102(135)70-118(57-32-28-53-109)97(130)68-120(59-48-88-62-114-93-46-24-22-44-91(88)93)98(131)67-119(95(128)64-111-54-29-25-50-106)58-47-87-61-113-92-45-23-21-43-90(87)92/h6-24,33-46,61-63,76-81,111,113-114H,25-32,47-60,64-75,106-109H2,1-5H3,(H2,110,127)(H,112,115)/t77-,78-,79-,80-,81-/m0/s1. The summed E-state index contributed by atoms with van der Waals surface area (Å²) in [6, 6.07) is 56.7. The van der Waals surface area contributed by atoms with Crippen molar-refractivity contribution in [1.82, 2.24) is 79.2 Å². The van der Waals surface area contributed by atoms with Crippen LogP contribution in [0.25, 0.3) is 21.8 Å². The number of nitrogens with one attached hydrogen (secondary N) is 4. The number of benzene rings is 7. The van der Waals surface area contributed by atoms with E-state index in [0.29, 0.717) is 98.9 Å². The number of nitrogens with two attached hydrogens (primary N) is 5. The van der Waals surface area contributed by atoms with Gasteiger partial charge in [0, 0.05) is 86.1 Å². The van der Waals surface area contributed by atoms with Gasteiger partial charge in [-0.05, 0) is 183 Å².